The third kappa shape index (κ3) is 2.69. The van der Waals surface area contributed by atoms with E-state index in [1.807, 2.05) is 18.2 Å². The van der Waals surface area contributed by atoms with Crippen molar-refractivity contribution in [1.82, 2.24) is 15.8 Å². The highest BCUT2D eigenvalue weighted by Crippen LogP contribution is 2.49. The predicted molar refractivity (Wildman–Crippen MR) is 90.9 cm³/mol. The van der Waals surface area contributed by atoms with Crippen molar-refractivity contribution < 1.29 is 14.4 Å². The van der Waals surface area contributed by atoms with Crippen molar-refractivity contribution in [2.24, 2.45) is 17.8 Å². The molecule has 132 valence electrons. The number of fused-ring (bicyclic) bond motifs is 2. The molecule has 1 aromatic carbocycles. The van der Waals surface area contributed by atoms with E-state index in [1.54, 1.807) is 19.1 Å². The van der Waals surface area contributed by atoms with Gasteiger partial charge in [0.15, 0.2) is 0 Å². The summed E-state index contributed by atoms with van der Waals surface area (Å²) in [6.07, 6.45) is 5.20. The number of carbonyl (C=O) groups is 3. The second kappa shape index (κ2) is 5.86. The molecule has 2 bridgehead atoms. The molecule has 1 aromatic rings. The van der Waals surface area contributed by atoms with Gasteiger partial charge in [-0.2, -0.15) is 5.01 Å². The van der Waals surface area contributed by atoms with Crippen LogP contribution in [-0.4, -0.2) is 22.9 Å². The Hall–Kier alpha value is -2.37. The van der Waals surface area contributed by atoms with Gasteiger partial charge >= 0.3 is 6.03 Å². The van der Waals surface area contributed by atoms with Gasteiger partial charge in [0.2, 0.25) is 5.91 Å². The van der Waals surface area contributed by atoms with Gasteiger partial charge in [-0.3, -0.25) is 15.0 Å². The Labute approximate surface area is 146 Å². The van der Waals surface area contributed by atoms with Crippen molar-refractivity contribution in [2.75, 3.05) is 0 Å². The fourth-order valence-corrected chi connectivity index (χ4v) is 4.74. The third-order valence-corrected chi connectivity index (χ3v) is 6.11. The summed E-state index contributed by atoms with van der Waals surface area (Å²) in [5.41, 5.74) is 2.06. The highest BCUT2D eigenvalue weighted by atomic mass is 16.2. The van der Waals surface area contributed by atoms with E-state index in [1.165, 1.54) is 19.3 Å². The molecular weight excluding hydrogens is 318 g/mol. The van der Waals surface area contributed by atoms with E-state index in [2.05, 4.69) is 10.7 Å². The Bertz CT molecular complexity index is 720. The van der Waals surface area contributed by atoms with Crippen LogP contribution in [0.25, 0.3) is 0 Å². The fourth-order valence-electron chi connectivity index (χ4n) is 4.74. The summed E-state index contributed by atoms with van der Waals surface area (Å²) in [6.45, 7) is 1.66. The zero-order chi connectivity index (χ0) is 17.6. The van der Waals surface area contributed by atoms with Crippen LogP contribution in [0.15, 0.2) is 30.3 Å². The minimum absolute atomic E-state index is 0.252. The van der Waals surface area contributed by atoms with Crippen LogP contribution < -0.4 is 10.7 Å². The van der Waals surface area contributed by atoms with Crippen LogP contribution in [0.5, 0.6) is 0 Å². The summed E-state index contributed by atoms with van der Waals surface area (Å²) in [4.78, 5) is 37.4. The topological polar surface area (TPSA) is 78.5 Å². The highest BCUT2D eigenvalue weighted by molar-refractivity contribution is 6.08. The number of nitrogens with one attached hydrogen (secondary N) is 2. The number of rotatable bonds is 4. The normalized spacial score (nSPS) is 33.6. The predicted octanol–water partition coefficient (Wildman–Crippen LogP) is 2.31. The molecule has 1 heterocycles. The van der Waals surface area contributed by atoms with Gasteiger partial charge in [-0.05, 0) is 49.5 Å². The minimum Gasteiger partial charge on any atom is -0.318 e. The monoisotopic (exact) mass is 341 g/mol. The Morgan fingerprint density at radius 3 is 2.64 bits per heavy atom. The number of hydrogen-bond acceptors (Lipinski definition) is 3. The molecule has 1 saturated heterocycles. The maximum atomic E-state index is 12.8. The fraction of sp³-hybridized carbons (Fsp3) is 0.526. The lowest BCUT2D eigenvalue weighted by molar-refractivity contribution is -0.139. The minimum atomic E-state index is -1.15. The smallest absolute Gasteiger partial charge is 0.318 e. The van der Waals surface area contributed by atoms with Crippen LogP contribution in [0.1, 0.15) is 44.6 Å². The first-order valence-corrected chi connectivity index (χ1v) is 8.99. The van der Waals surface area contributed by atoms with Crippen LogP contribution in [0, 0.1) is 17.8 Å². The SMILES string of the molecule is CC1(c2ccccc2)NC(=O)N(NC(=O)CC2CC3CCC2C3)C1=O. The number of imide groups is 1. The molecule has 2 saturated carbocycles. The first-order chi connectivity index (χ1) is 12.0. The number of urea groups is 1. The second-order valence-electron chi connectivity index (χ2n) is 7.74. The third-order valence-electron chi connectivity index (χ3n) is 6.11. The zero-order valence-electron chi connectivity index (χ0n) is 14.3. The second-order valence-corrected chi connectivity index (χ2v) is 7.74. The number of hydrogen-bond donors (Lipinski definition) is 2. The van der Waals surface area contributed by atoms with Crippen molar-refractivity contribution in [3.8, 4) is 0 Å². The van der Waals surface area contributed by atoms with Crippen LogP contribution in [0.4, 0.5) is 4.79 Å². The summed E-state index contributed by atoms with van der Waals surface area (Å²) in [5, 5.41) is 3.53. The standard InChI is InChI=1S/C19H23N3O3/c1-19(15-5-3-2-4-6-15)17(24)22(18(25)20-19)21-16(23)11-14-10-12-7-8-13(14)9-12/h2-6,12-14H,7-11H2,1H3,(H,20,25)(H,21,23). The van der Waals surface area contributed by atoms with Gasteiger partial charge in [0.05, 0.1) is 0 Å². The van der Waals surface area contributed by atoms with E-state index < -0.39 is 17.5 Å². The molecule has 4 amide bonds. The van der Waals surface area contributed by atoms with Crippen LogP contribution >= 0.6 is 0 Å². The molecule has 4 unspecified atom stereocenters. The highest BCUT2D eigenvalue weighted by Gasteiger charge is 2.50. The van der Waals surface area contributed by atoms with Crippen LogP contribution in [0.3, 0.4) is 0 Å². The molecule has 4 atom stereocenters. The lowest BCUT2D eigenvalue weighted by atomic mass is 9.86. The van der Waals surface area contributed by atoms with E-state index in [0.29, 0.717) is 23.8 Å². The molecule has 1 aliphatic heterocycles. The summed E-state index contributed by atoms with van der Waals surface area (Å²) < 4.78 is 0. The average Bonchev–Trinajstić information content (AvgIpc) is 3.27. The van der Waals surface area contributed by atoms with Crippen LogP contribution in [-0.2, 0) is 15.1 Å². The lowest BCUT2D eigenvalue weighted by Gasteiger charge is -2.23. The molecule has 3 fully saturated rings. The Balaban J connectivity index is 1.43. The summed E-state index contributed by atoms with van der Waals surface area (Å²) in [7, 11) is 0. The molecule has 2 N–H and O–H groups in total. The maximum absolute atomic E-state index is 12.8. The van der Waals surface area contributed by atoms with Crippen molar-refractivity contribution in [1.29, 1.82) is 0 Å². The molecule has 0 aromatic heterocycles. The Morgan fingerprint density at radius 2 is 2.00 bits per heavy atom. The molecule has 3 aliphatic rings. The van der Waals surface area contributed by atoms with Gasteiger partial charge < -0.3 is 5.32 Å². The first-order valence-electron chi connectivity index (χ1n) is 8.99. The molecule has 25 heavy (non-hydrogen) atoms. The number of benzene rings is 1. The number of amides is 4. The van der Waals surface area contributed by atoms with Gasteiger partial charge in [0, 0.05) is 6.42 Å². The summed E-state index contributed by atoms with van der Waals surface area (Å²) in [6, 6.07) is 8.48. The quantitative estimate of drug-likeness (QED) is 0.825. The maximum Gasteiger partial charge on any atom is 0.344 e. The average molecular weight is 341 g/mol. The van der Waals surface area contributed by atoms with E-state index >= 15 is 0 Å². The summed E-state index contributed by atoms with van der Waals surface area (Å²) in [5.74, 6) is 1.08. The van der Waals surface area contributed by atoms with Gasteiger partial charge in [-0.25, -0.2) is 4.79 Å². The Morgan fingerprint density at radius 1 is 1.24 bits per heavy atom. The summed E-state index contributed by atoms with van der Waals surface area (Å²) >= 11 is 0. The van der Waals surface area contributed by atoms with Crippen LogP contribution in [0.2, 0.25) is 0 Å². The van der Waals surface area contributed by atoms with E-state index in [4.69, 9.17) is 0 Å². The van der Waals surface area contributed by atoms with E-state index in [-0.39, 0.29) is 5.91 Å². The molecule has 0 spiro atoms. The van der Waals surface area contributed by atoms with Gasteiger partial charge in [-0.1, -0.05) is 36.8 Å². The van der Waals surface area contributed by atoms with Gasteiger partial charge in [-0.15, -0.1) is 0 Å². The largest absolute Gasteiger partial charge is 0.344 e. The number of hydrazine groups is 1. The van der Waals surface area contributed by atoms with E-state index in [9.17, 15) is 14.4 Å². The zero-order valence-corrected chi connectivity index (χ0v) is 14.3. The van der Waals surface area contributed by atoms with Gasteiger partial charge in [0.25, 0.3) is 5.91 Å². The van der Waals surface area contributed by atoms with Crippen molar-refractivity contribution in [3.63, 3.8) is 0 Å². The van der Waals surface area contributed by atoms with E-state index in [0.717, 1.165) is 17.3 Å². The molecule has 6 heteroatoms. The molecule has 0 radical (unpaired) electrons. The molecule has 4 rings (SSSR count). The van der Waals surface area contributed by atoms with Crippen molar-refractivity contribution in [2.45, 2.75) is 44.6 Å². The van der Waals surface area contributed by atoms with Crippen molar-refractivity contribution >= 4 is 17.8 Å². The molecule has 2 aliphatic carbocycles. The number of nitrogens with zero attached hydrogens (tertiary/aromatic N) is 1. The molecular formula is C19H23N3O3. The van der Waals surface area contributed by atoms with Crippen molar-refractivity contribution in [3.05, 3.63) is 35.9 Å². The Kier molecular flexibility index (Phi) is 3.78. The number of carbonyl (C=O) groups excluding carboxylic acids is 3. The lowest BCUT2D eigenvalue weighted by Crippen LogP contribution is -2.48. The van der Waals surface area contributed by atoms with Gasteiger partial charge in [0.1, 0.15) is 5.54 Å². The first kappa shape index (κ1) is 16.1. The molecule has 6 nitrogen and oxygen atoms in total.